The number of benzene rings is 3. The maximum Gasteiger partial charge on any atom is 0.342 e. The van der Waals surface area contributed by atoms with E-state index in [1.54, 1.807) is 19.9 Å². The van der Waals surface area contributed by atoms with Crippen LogP contribution < -0.4 is 10.4 Å². The Morgan fingerprint density at radius 3 is 2.18 bits per heavy atom. The van der Waals surface area contributed by atoms with Crippen LogP contribution in [0.25, 0.3) is 5.57 Å². The van der Waals surface area contributed by atoms with Crippen LogP contribution in [0.1, 0.15) is 84.8 Å². The summed E-state index contributed by atoms with van der Waals surface area (Å²) in [7, 11) is -2.89. The summed E-state index contributed by atoms with van der Waals surface area (Å²) in [6, 6.07) is 25.9. The molecule has 0 radical (unpaired) electrons. The zero-order chi connectivity index (χ0) is 35.4. The number of carbonyl (C=O) groups excluding carboxylic acids is 2. The maximum absolute atomic E-state index is 14.3. The summed E-state index contributed by atoms with van der Waals surface area (Å²) in [6.07, 6.45) is 4.76. The number of aryl methyl sites for hydroxylation is 1. The van der Waals surface area contributed by atoms with Crippen molar-refractivity contribution in [3.05, 3.63) is 114 Å². The minimum absolute atomic E-state index is 0.179. The first-order chi connectivity index (χ1) is 23.2. The number of halogens is 1. The van der Waals surface area contributed by atoms with E-state index < -0.39 is 25.8 Å². The number of carbonyl (C=O) groups is 2. The van der Waals surface area contributed by atoms with Crippen LogP contribution >= 0.6 is 0 Å². The van der Waals surface area contributed by atoms with Gasteiger partial charge in [-0.1, -0.05) is 114 Å². The lowest BCUT2D eigenvalue weighted by molar-refractivity contribution is -0.301. The van der Waals surface area contributed by atoms with Crippen molar-refractivity contribution < 1.29 is 32.9 Å². The van der Waals surface area contributed by atoms with Crippen molar-refractivity contribution >= 4 is 36.2 Å². The highest BCUT2D eigenvalue weighted by molar-refractivity contribution is 6.99. The zero-order valence-corrected chi connectivity index (χ0v) is 30.8. The Balaban J connectivity index is 1.49. The van der Waals surface area contributed by atoms with Crippen molar-refractivity contribution in [2.75, 3.05) is 0 Å². The molecular weight excluding hydrogens is 636 g/mol. The number of esters is 1. The first-order valence-electron chi connectivity index (χ1n) is 17.3. The van der Waals surface area contributed by atoms with Gasteiger partial charge in [0.2, 0.25) is 0 Å². The number of cyclic esters (lactones) is 1. The van der Waals surface area contributed by atoms with Crippen LogP contribution in [0.5, 0.6) is 0 Å². The fourth-order valence-electron chi connectivity index (χ4n) is 7.32. The Kier molecular flexibility index (Phi) is 11.1. The summed E-state index contributed by atoms with van der Waals surface area (Å²) < 4.78 is 27.6. The second-order valence-electron chi connectivity index (χ2n) is 14.9. The topological polar surface area (TPSA) is 71.1 Å². The van der Waals surface area contributed by atoms with Crippen molar-refractivity contribution in [2.45, 2.75) is 104 Å². The molecule has 1 saturated heterocycles. The van der Waals surface area contributed by atoms with E-state index in [-0.39, 0.29) is 41.9 Å². The number of hydrogen-bond donors (Lipinski definition) is 0. The fourth-order valence-corrected chi connectivity index (χ4v) is 12.0. The molecule has 49 heavy (non-hydrogen) atoms. The molecule has 0 amide bonds. The van der Waals surface area contributed by atoms with Gasteiger partial charge in [-0.25, -0.2) is 9.18 Å². The number of allylic oxidation sites excluding steroid dienone is 2. The summed E-state index contributed by atoms with van der Waals surface area (Å²) >= 11 is 0. The highest BCUT2D eigenvalue weighted by atomic mass is 28.4. The quantitative estimate of drug-likeness (QED) is 0.0929. The van der Waals surface area contributed by atoms with Gasteiger partial charge in [0.15, 0.2) is 0 Å². The van der Waals surface area contributed by atoms with Crippen LogP contribution in [0.3, 0.4) is 0 Å². The second kappa shape index (κ2) is 14.9. The number of rotatable bonds is 10. The minimum atomic E-state index is -2.89. The van der Waals surface area contributed by atoms with Gasteiger partial charge in [0.25, 0.3) is 8.32 Å². The maximum atomic E-state index is 14.3. The Morgan fingerprint density at radius 2 is 1.61 bits per heavy atom. The van der Waals surface area contributed by atoms with Gasteiger partial charge >= 0.3 is 11.9 Å². The first kappa shape index (κ1) is 36.4. The van der Waals surface area contributed by atoms with E-state index in [1.165, 1.54) is 6.07 Å². The molecule has 0 bridgehead atoms. The highest BCUT2D eigenvalue weighted by Gasteiger charge is 2.52. The molecule has 1 unspecified atom stereocenters. The average Bonchev–Trinajstić information content (AvgIpc) is 3.06. The van der Waals surface area contributed by atoms with E-state index in [1.807, 2.05) is 30.4 Å². The molecule has 2 aliphatic rings. The molecule has 1 fully saturated rings. The van der Waals surface area contributed by atoms with Crippen molar-refractivity contribution in [3.8, 4) is 0 Å². The Bertz CT molecular complexity index is 1650. The van der Waals surface area contributed by atoms with E-state index in [2.05, 4.69) is 83.1 Å². The monoisotopic (exact) mass is 684 g/mol. The summed E-state index contributed by atoms with van der Waals surface area (Å²) in [6.45, 7) is 14.4. The molecule has 260 valence electrons. The average molecular weight is 685 g/mol. The van der Waals surface area contributed by atoms with Crippen LogP contribution in [-0.2, 0) is 28.5 Å². The molecule has 3 aromatic rings. The fraction of sp³-hybridized carbons (Fsp3) is 0.415. The SMILES string of the molecule is CCC(=O)OOC1CC(c2ccc(F)c(C)c2)=C(/C=C/[C@@H]2C[C@@H](O[Si](c3ccccc3)(c3ccccc3)C(C)(C)C)CC(=O)O2)C(C)(C)C1. The van der Waals surface area contributed by atoms with E-state index in [0.29, 0.717) is 24.8 Å². The number of ether oxygens (including phenoxy) is 1. The van der Waals surface area contributed by atoms with Crippen molar-refractivity contribution in [1.29, 1.82) is 0 Å². The van der Waals surface area contributed by atoms with Crippen LogP contribution in [0, 0.1) is 18.2 Å². The Labute approximate surface area is 291 Å². The lowest BCUT2D eigenvalue weighted by Crippen LogP contribution is -2.68. The smallest absolute Gasteiger partial charge is 0.342 e. The third-order valence-electron chi connectivity index (χ3n) is 9.71. The molecule has 5 rings (SSSR count). The minimum Gasteiger partial charge on any atom is -0.458 e. The van der Waals surface area contributed by atoms with Gasteiger partial charge in [-0.15, -0.1) is 0 Å². The summed E-state index contributed by atoms with van der Waals surface area (Å²) in [5.74, 6) is -0.996. The van der Waals surface area contributed by atoms with Crippen molar-refractivity contribution in [1.82, 2.24) is 0 Å². The van der Waals surface area contributed by atoms with Crippen LogP contribution in [0.15, 0.2) is 96.6 Å². The van der Waals surface area contributed by atoms with Crippen LogP contribution in [-0.4, -0.2) is 38.6 Å². The van der Waals surface area contributed by atoms with E-state index in [9.17, 15) is 14.0 Å². The molecule has 0 saturated carbocycles. The normalized spacial score (nSPS) is 21.5. The molecular formula is C41H49FO6Si. The standard InChI is InChI=1S/C41H49FO6Si/c1-8-38(43)47-46-32-25-35(29-19-22-37(42)28(2)23-29)36(41(6,7)27-32)21-20-30-24-31(26-39(44)45-30)48-49(40(3,4)5,33-15-11-9-12-16-33)34-17-13-10-14-18-34/h9-23,30-32H,8,24-27H2,1-7H3/b21-20+/t30-,31-,32?/m1/s1. The van der Waals surface area contributed by atoms with Crippen LogP contribution in [0.2, 0.25) is 5.04 Å². The largest absolute Gasteiger partial charge is 0.458 e. The van der Waals surface area contributed by atoms with Crippen molar-refractivity contribution in [3.63, 3.8) is 0 Å². The molecule has 1 aliphatic heterocycles. The van der Waals surface area contributed by atoms with E-state index in [4.69, 9.17) is 18.9 Å². The Morgan fingerprint density at radius 1 is 0.980 bits per heavy atom. The van der Waals surface area contributed by atoms with Gasteiger partial charge in [-0.2, -0.15) is 4.89 Å². The first-order valence-corrected chi connectivity index (χ1v) is 19.2. The lowest BCUT2D eigenvalue weighted by Gasteiger charge is -2.46. The molecule has 3 atom stereocenters. The predicted molar refractivity (Wildman–Crippen MR) is 193 cm³/mol. The summed E-state index contributed by atoms with van der Waals surface area (Å²) in [5, 5.41) is 2.09. The molecule has 0 aromatic heterocycles. The Hall–Kier alpha value is -3.85. The number of hydrogen-bond acceptors (Lipinski definition) is 6. The molecule has 0 spiro atoms. The molecule has 3 aromatic carbocycles. The molecule has 6 nitrogen and oxygen atoms in total. The van der Waals surface area contributed by atoms with Gasteiger partial charge in [-0.3, -0.25) is 9.68 Å². The van der Waals surface area contributed by atoms with E-state index >= 15 is 0 Å². The van der Waals surface area contributed by atoms with Crippen LogP contribution in [0.4, 0.5) is 4.39 Å². The summed E-state index contributed by atoms with van der Waals surface area (Å²) in [5.41, 5.74) is 3.01. The van der Waals surface area contributed by atoms with Crippen molar-refractivity contribution in [2.24, 2.45) is 5.41 Å². The molecule has 1 heterocycles. The second-order valence-corrected chi connectivity index (χ2v) is 19.2. The van der Waals surface area contributed by atoms with E-state index in [0.717, 1.165) is 27.1 Å². The molecule has 8 heteroatoms. The lowest BCUT2D eigenvalue weighted by atomic mass is 9.69. The molecule has 0 N–H and O–H groups in total. The third-order valence-corrected chi connectivity index (χ3v) is 14.8. The molecule has 1 aliphatic carbocycles. The van der Waals surface area contributed by atoms with Gasteiger partial charge in [-0.05, 0) is 74.7 Å². The van der Waals surface area contributed by atoms with Gasteiger partial charge in [0.05, 0.1) is 12.5 Å². The predicted octanol–water partition coefficient (Wildman–Crippen LogP) is 8.17. The third kappa shape index (κ3) is 8.14. The van der Waals surface area contributed by atoms with Gasteiger partial charge < -0.3 is 9.16 Å². The zero-order valence-electron chi connectivity index (χ0n) is 29.8. The van der Waals surface area contributed by atoms with Gasteiger partial charge in [0.1, 0.15) is 18.0 Å². The highest BCUT2D eigenvalue weighted by Crippen LogP contribution is 2.46. The summed E-state index contributed by atoms with van der Waals surface area (Å²) in [4.78, 5) is 35.8. The van der Waals surface area contributed by atoms with Gasteiger partial charge in [0, 0.05) is 19.3 Å².